The number of halogens is 2. The van der Waals surface area contributed by atoms with Gasteiger partial charge in [0.2, 0.25) is 5.91 Å². The van der Waals surface area contributed by atoms with E-state index in [4.69, 9.17) is 0 Å². The Labute approximate surface area is 146 Å². The number of ether oxygens (including phenoxy) is 1. The number of nitrogens with zero attached hydrogens (tertiary/aromatic N) is 2. The fourth-order valence-electron chi connectivity index (χ4n) is 2.14. The number of anilines is 1. The smallest absolute Gasteiger partial charge is 0.387 e. The molecule has 1 amide bonds. The molecule has 3 rings (SSSR count). The van der Waals surface area contributed by atoms with Crippen molar-refractivity contribution < 1.29 is 18.3 Å². The summed E-state index contributed by atoms with van der Waals surface area (Å²) in [5.41, 5.74) is 1.65. The zero-order chi connectivity index (χ0) is 17.6. The van der Waals surface area contributed by atoms with Gasteiger partial charge >= 0.3 is 6.61 Å². The topological polar surface area (TPSA) is 64.1 Å². The van der Waals surface area contributed by atoms with Gasteiger partial charge in [0.05, 0.1) is 17.8 Å². The molecular formula is C17H13F2N3O2S. The summed E-state index contributed by atoms with van der Waals surface area (Å²) in [6.45, 7) is -2.96. The number of carbonyl (C=O) groups excluding carboxylic acids is 1. The maximum Gasteiger partial charge on any atom is 0.387 e. The number of amides is 1. The first-order valence-electron chi connectivity index (χ1n) is 7.30. The molecule has 0 saturated heterocycles. The lowest BCUT2D eigenvalue weighted by Crippen LogP contribution is -2.16. The maximum absolute atomic E-state index is 12.4. The summed E-state index contributed by atoms with van der Waals surface area (Å²) >= 11 is 1.41. The molecule has 0 aliphatic carbocycles. The van der Waals surface area contributed by atoms with Crippen LogP contribution in [0.2, 0.25) is 0 Å². The van der Waals surface area contributed by atoms with Crippen molar-refractivity contribution in [1.82, 2.24) is 9.97 Å². The lowest BCUT2D eigenvalue weighted by Gasteiger charge is -2.11. The van der Waals surface area contributed by atoms with Gasteiger partial charge in [-0.1, -0.05) is 12.1 Å². The van der Waals surface area contributed by atoms with Crippen molar-refractivity contribution in [3.63, 3.8) is 0 Å². The molecular weight excluding hydrogens is 348 g/mol. The van der Waals surface area contributed by atoms with Crippen LogP contribution in [-0.4, -0.2) is 22.5 Å². The molecule has 1 N–H and O–H groups in total. The van der Waals surface area contributed by atoms with Crippen molar-refractivity contribution in [2.45, 2.75) is 13.0 Å². The largest absolute Gasteiger partial charge is 0.433 e. The standard InChI is InChI=1S/C17H13F2N3O2S/c18-17(19)24-14-6-2-1-5-13(14)22-15(23)8-12-10-25-16(21-12)11-4-3-7-20-9-11/h1-7,9-10,17H,8H2,(H,22,23). The number of hydrogen-bond donors (Lipinski definition) is 1. The average Bonchev–Trinajstić information content (AvgIpc) is 3.05. The highest BCUT2D eigenvalue weighted by molar-refractivity contribution is 7.13. The van der Waals surface area contributed by atoms with Gasteiger partial charge in [0, 0.05) is 23.3 Å². The van der Waals surface area contributed by atoms with E-state index in [2.05, 4.69) is 20.0 Å². The summed E-state index contributed by atoms with van der Waals surface area (Å²) < 4.78 is 29.2. The second-order valence-corrected chi connectivity index (χ2v) is 5.84. The van der Waals surface area contributed by atoms with E-state index >= 15 is 0 Å². The molecule has 0 saturated carbocycles. The summed E-state index contributed by atoms with van der Waals surface area (Å²) in [7, 11) is 0. The third-order valence-electron chi connectivity index (χ3n) is 3.18. The van der Waals surface area contributed by atoms with E-state index in [9.17, 15) is 13.6 Å². The number of benzene rings is 1. The van der Waals surface area contributed by atoms with E-state index in [1.54, 1.807) is 29.9 Å². The van der Waals surface area contributed by atoms with Crippen molar-refractivity contribution in [3.8, 4) is 16.3 Å². The molecule has 1 aromatic carbocycles. The number of para-hydroxylation sites is 2. The summed E-state index contributed by atoms with van der Waals surface area (Å²) in [6.07, 6.45) is 3.39. The van der Waals surface area contributed by atoms with Crippen molar-refractivity contribution >= 4 is 22.9 Å². The predicted octanol–water partition coefficient (Wildman–Crippen LogP) is 3.99. The van der Waals surface area contributed by atoms with Crippen LogP contribution in [0.4, 0.5) is 14.5 Å². The van der Waals surface area contributed by atoms with Gasteiger partial charge in [0.15, 0.2) is 0 Å². The molecule has 3 aromatic rings. The highest BCUT2D eigenvalue weighted by Crippen LogP contribution is 2.26. The molecule has 0 radical (unpaired) electrons. The van der Waals surface area contributed by atoms with Gasteiger partial charge in [-0.15, -0.1) is 11.3 Å². The number of carbonyl (C=O) groups is 1. The van der Waals surface area contributed by atoms with Gasteiger partial charge in [-0.05, 0) is 24.3 Å². The number of rotatable bonds is 6. The van der Waals surface area contributed by atoms with Crippen LogP contribution in [0.25, 0.3) is 10.6 Å². The quantitative estimate of drug-likeness (QED) is 0.721. The summed E-state index contributed by atoms with van der Waals surface area (Å²) in [4.78, 5) is 20.6. The molecule has 8 heteroatoms. The number of alkyl halides is 2. The van der Waals surface area contributed by atoms with Gasteiger partial charge in [0.25, 0.3) is 0 Å². The molecule has 2 heterocycles. The van der Waals surface area contributed by atoms with Crippen molar-refractivity contribution in [2.75, 3.05) is 5.32 Å². The van der Waals surface area contributed by atoms with Gasteiger partial charge in [-0.25, -0.2) is 4.98 Å². The Morgan fingerprint density at radius 1 is 1.24 bits per heavy atom. The molecule has 25 heavy (non-hydrogen) atoms. The Bertz CT molecular complexity index is 856. The summed E-state index contributed by atoms with van der Waals surface area (Å²) in [6, 6.07) is 9.73. The number of thiazole rings is 1. The Morgan fingerprint density at radius 2 is 2.08 bits per heavy atom. The SMILES string of the molecule is O=C(Cc1csc(-c2cccnc2)n1)Nc1ccccc1OC(F)F. The zero-order valence-electron chi connectivity index (χ0n) is 12.9. The Kier molecular flexibility index (Phi) is 5.30. The third kappa shape index (κ3) is 4.57. The first-order chi connectivity index (χ1) is 12.1. The minimum atomic E-state index is -2.96. The highest BCUT2D eigenvalue weighted by atomic mass is 32.1. The first kappa shape index (κ1) is 17.0. The number of hydrogen-bond acceptors (Lipinski definition) is 5. The van der Waals surface area contributed by atoms with E-state index in [0.717, 1.165) is 10.6 Å². The monoisotopic (exact) mass is 361 g/mol. The van der Waals surface area contributed by atoms with Crippen LogP contribution in [0.1, 0.15) is 5.69 Å². The molecule has 0 aliphatic rings. The predicted molar refractivity (Wildman–Crippen MR) is 90.8 cm³/mol. The lowest BCUT2D eigenvalue weighted by molar-refractivity contribution is -0.115. The van der Waals surface area contributed by atoms with E-state index in [-0.39, 0.29) is 23.8 Å². The van der Waals surface area contributed by atoms with Crippen molar-refractivity contribution in [2.24, 2.45) is 0 Å². The van der Waals surface area contributed by atoms with Crippen LogP contribution in [0.3, 0.4) is 0 Å². The fourth-order valence-corrected chi connectivity index (χ4v) is 2.95. The Morgan fingerprint density at radius 3 is 2.84 bits per heavy atom. The molecule has 128 valence electrons. The molecule has 0 bridgehead atoms. The Balaban J connectivity index is 1.67. The molecule has 2 aromatic heterocycles. The van der Waals surface area contributed by atoms with Crippen LogP contribution >= 0.6 is 11.3 Å². The normalized spacial score (nSPS) is 10.7. The minimum absolute atomic E-state index is 0.0276. The van der Waals surface area contributed by atoms with Crippen LogP contribution in [0.15, 0.2) is 54.2 Å². The summed E-state index contributed by atoms with van der Waals surface area (Å²) in [5, 5.41) is 5.11. The van der Waals surface area contributed by atoms with Crippen LogP contribution in [0.5, 0.6) is 5.75 Å². The molecule has 0 spiro atoms. The van der Waals surface area contributed by atoms with Gasteiger partial charge in [-0.3, -0.25) is 9.78 Å². The molecule has 0 fully saturated rings. The van der Waals surface area contributed by atoms with E-state index < -0.39 is 6.61 Å². The van der Waals surface area contributed by atoms with Gasteiger partial charge < -0.3 is 10.1 Å². The zero-order valence-corrected chi connectivity index (χ0v) is 13.7. The van der Waals surface area contributed by atoms with E-state index in [1.165, 1.54) is 23.5 Å². The van der Waals surface area contributed by atoms with Crippen molar-refractivity contribution in [1.29, 1.82) is 0 Å². The van der Waals surface area contributed by atoms with E-state index in [0.29, 0.717) is 5.69 Å². The molecule has 0 aliphatic heterocycles. The minimum Gasteiger partial charge on any atom is -0.433 e. The third-order valence-corrected chi connectivity index (χ3v) is 4.12. The maximum atomic E-state index is 12.4. The second kappa shape index (κ2) is 7.80. The van der Waals surface area contributed by atoms with E-state index in [1.807, 2.05) is 12.1 Å². The molecule has 0 atom stereocenters. The van der Waals surface area contributed by atoms with Crippen LogP contribution < -0.4 is 10.1 Å². The Hall–Kier alpha value is -2.87. The van der Waals surface area contributed by atoms with Crippen LogP contribution in [0, 0.1) is 0 Å². The van der Waals surface area contributed by atoms with Gasteiger partial charge in [-0.2, -0.15) is 8.78 Å². The van der Waals surface area contributed by atoms with Crippen LogP contribution in [-0.2, 0) is 11.2 Å². The second-order valence-electron chi connectivity index (χ2n) is 4.99. The molecule has 5 nitrogen and oxygen atoms in total. The average molecular weight is 361 g/mol. The first-order valence-corrected chi connectivity index (χ1v) is 8.18. The van der Waals surface area contributed by atoms with Gasteiger partial charge in [0.1, 0.15) is 10.8 Å². The highest BCUT2D eigenvalue weighted by Gasteiger charge is 2.13. The fraction of sp³-hybridized carbons (Fsp3) is 0.118. The van der Waals surface area contributed by atoms with Crippen molar-refractivity contribution in [3.05, 3.63) is 59.9 Å². The number of pyridine rings is 1. The number of aromatic nitrogens is 2. The lowest BCUT2D eigenvalue weighted by atomic mass is 10.2. The molecule has 0 unspecified atom stereocenters. The summed E-state index contributed by atoms with van der Waals surface area (Å²) in [5.74, 6) is -0.450. The number of nitrogens with one attached hydrogen (secondary N) is 1.